The second-order valence-electron chi connectivity index (χ2n) is 9.12. The van der Waals surface area contributed by atoms with Gasteiger partial charge in [0.15, 0.2) is 0 Å². The van der Waals surface area contributed by atoms with E-state index in [1.165, 1.54) is 5.56 Å². The maximum Gasteiger partial charge on any atom is 0.336 e. The number of nitrogens with zero attached hydrogens (tertiary/aromatic N) is 1. The van der Waals surface area contributed by atoms with Gasteiger partial charge in [-0.05, 0) is 48.2 Å². The predicted octanol–water partition coefficient (Wildman–Crippen LogP) is 4.72. The molecule has 1 aliphatic carbocycles. The summed E-state index contributed by atoms with van der Waals surface area (Å²) in [5, 5.41) is 9.45. The van der Waals surface area contributed by atoms with E-state index in [1.54, 1.807) is 24.3 Å². The van der Waals surface area contributed by atoms with Gasteiger partial charge in [0, 0.05) is 35.7 Å². The Bertz CT molecular complexity index is 1210. The molecule has 0 aromatic heterocycles. The van der Waals surface area contributed by atoms with Crippen LogP contribution in [-0.2, 0) is 17.9 Å². The van der Waals surface area contributed by atoms with Gasteiger partial charge >= 0.3 is 5.97 Å². The summed E-state index contributed by atoms with van der Waals surface area (Å²) in [7, 11) is 0. The van der Waals surface area contributed by atoms with Gasteiger partial charge in [0.05, 0.1) is 5.56 Å². The number of nitrogens with two attached hydrogens (primary N) is 1. The summed E-state index contributed by atoms with van der Waals surface area (Å²) < 4.78 is 6.04. The highest BCUT2D eigenvalue weighted by Crippen LogP contribution is 2.51. The lowest BCUT2D eigenvalue weighted by Crippen LogP contribution is -2.42. The summed E-state index contributed by atoms with van der Waals surface area (Å²) in [4.78, 5) is 26.3. The summed E-state index contributed by atoms with van der Waals surface area (Å²) in [5.74, 6) is -0.739. The molecule has 1 amide bonds. The lowest BCUT2D eigenvalue weighted by atomic mass is 9.73. The molecular formula is C28H28N2O4. The fraction of sp³-hybridized carbons (Fsp3) is 0.286. The van der Waals surface area contributed by atoms with Gasteiger partial charge in [0.2, 0.25) is 5.91 Å². The van der Waals surface area contributed by atoms with Gasteiger partial charge in [0.25, 0.3) is 0 Å². The number of ether oxygens (including phenoxy) is 1. The monoisotopic (exact) mass is 456 g/mol. The molecule has 0 bridgehead atoms. The number of amides is 1. The van der Waals surface area contributed by atoms with Crippen molar-refractivity contribution < 1.29 is 19.4 Å². The average molecular weight is 457 g/mol. The first kappa shape index (κ1) is 22.0. The molecule has 6 heteroatoms. The number of hydrogen-bond acceptors (Lipinski definition) is 4. The highest BCUT2D eigenvalue weighted by Gasteiger charge is 2.46. The normalized spacial score (nSPS) is 20.9. The summed E-state index contributed by atoms with van der Waals surface area (Å²) in [6, 6.07) is 23.4. The van der Waals surface area contributed by atoms with Gasteiger partial charge in [-0.25, -0.2) is 4.79 Å². The Hall–Kier alpha value is -3.80. The molecule has 1 saturated carbocycles. The Kier molecular flexibility index (Phi) is 5.97. The number of carbonyl (C=O) groups excluding carboxylic acids is 1. The van der Waals surface area contributed by atoms with E-state index in [-0.39, 0.29) is 36.0 Å². The van der Waals surface area contributed by atoms with E-state index in [0.29, 0.717) is 11.3 Å². The van der Waals surface area contributed by atoms with Crippen LogP contribution < -0.4 is 15.4 Å². The summed E-state index contributed by atoms with van der Waals surface area (Å²) in [5.41, 5.74) is 10.1. The standard InChI is InChI=1S/C28H28N2O4/c29-27(31)22-11-6-12-25-26(22)23-15-20(34-17-19-9-4-5-10-21(19)28(32)33)13-14-24(23)30(25)16-18-7-2-1-3-8-18/h1-5,7-10,13-15,22,25-26H,6,11-12,16-17H2,(H2,29,31)(H,32,33). The number of hydrogen-bond donors (Lipinski definition) is 2. The molecule has 34 heavy (non-hydrogen) atoms. The molecule has 5 rings (SSSR count). The zero-order chi connectivity index (χ0) is 23.7. The summed E-state index contributed by atoms with van der Waals surface area (Å²) >= 11 is 0. The van der Waals surface area contributed by atoms with E-state index >= 15 is 0 Å². The van der Waals surface area contributed by atoms with Crippen molar-refractivity contribution in [1.29, 1.82) is 0 Å². The van der Waals surface area contributed by atoms with Crippen LogP contribution >= 0.6 is 0 Å². The maximum atomic E-state index is 12.4. The van der Waals surface area contributed by atoms with Gasteiger partial charge in [-0.2, -0.15) is 0 Å². The fourth-order valence-electron chi connectivity index (χ4n) is 5.60. The first-order valence-corrected chi connectivity index (χ1v) is 11.7. The largest absolute Gasteiger partial charge is 0.489 e. The zero-order valence-electron chi connectivity index (χ0n) is 18.9. The number of carboxylic acids is 1. The topological polar surface area (TPSA) is 92.9 Å². The van der Waals surface area contributed by atoms with E-state index < -0.39 is 5.97 Å². The minimum atomic E-state index is -0.973. The summed E-state index contributed by atoms with van der Waals surface area (Å²) in [6.45, 7) is 0.926. The molecule has 1 aliphatic heterocycles. The van der Waals surface area contributed by atoms with Crippen molar-refractivity contribution in [2.75, 3.05) is 4.90 Å². The average Bonchev–Trinajstić information content (AvgIpc) is 3.16. The molecule has 3 N–H and O–H groups in total. The smallest absolute Gasteiger partial charge is 0.336 e. The minimum Gasteiger partial charge on any atom is -0.489 e. The van der Waals surface area contributed by atoms with Crippen LogP contribution in [0.2, 0.25) is 0 Å². The van der Waals surface area contributed by atoms with Crippen LogP contribution in [0.25, 0.3) is 0 Å². The molecule has 3 aromatic rings. The van der Waals surface area contributed by atoms with Crippen molar-refractivity contribution in [3.05, 3.63) is 95.1 Å². The number of benzene rings is 3. The van der Waals surface area contributed by atoms with Crippen LogP contribution in [-0.4, -0.2) is 23.0 Å². The van der Waals surface area contributed by atoms with Crippen LogP contribution in [0, 0.1) is 5.92 Å². The molecule has 174 valence electrons. The molecular weight excluding hydrogens is 428 g/mol. The second-order valence-corrected chi connectivity index (χ2v) is 9.12. The SMILES string of the molecule is NC(=O)C1CCCC2C1c1cc(OCc3ccccc3C(=O)O)ccc1N2Cc1ccccc1. The summed E-state index contributed by atoms with van der Waals surface area (Å²) in [6.07, 6.45) is 2.79. The predicted molar refractivity (Wildman–Crippen MR) is 130 cm³/mol. The second kappa shape index (κ2) is 9.21. The number of primary amides is 1. The number of anilines is 1. The third kappa shape index (κ3) is 4.12. The molecule has 6 nitrogen and oxygen atoms in total. The van der Waals surface area contributed by atoms with Crippen LogP contribution in [0.5, 0.6) is 5.75 Å². The number of fused-ring (bicyclic) bond motifs is 3. The highest BCUT2D eigenvalue weighted by molar-refractivity contribution is 5.89. The Labute approximate surface area is 199 Å². The number of carbonyl (C=O) groups is 2. The molecule has 3 unspecified atom stereocenters. The van der Waals surface area contributed by atoms with Crippen molar-refractivity contribution in [2.24, 2.45) is 11.7 Å². The van der Waals surface area contributed by atoms with E-state index in [0.717, 1.165) is 37.1 Å². The Morgan fingerprint density at radius 3 is 2.53 bits per heavy atom. The Morgan fingerprint density at radius 1 is 1.00 bits per heavy atom. The van der Waals surface area contributed by atoms with Gasteiger partial charge in [0.1, 0.15) is 12.4 Å². The van der Waals surface area contributed by atoms with Crippen LogP contribution in [0.4, 0.5) is 5.69 Å². The van der Waals surface area contributed by atoms with E-state index in [9.17, 15) is 14.7 Å². The number of aromatic carboxylic acids is 1. The molecule has 2 aliphatic rings. The van der Waals surface area contributed by atoms with Gasteiger partial charge in [-0.3, -0.25) is 4.79 Å². The highest BCUT2D eigenvalue weighted by atomic mass is 16.5. The maximum absolute atomic E-state index is 12.4. The molecule has 1 fully saturated rings. The Balaban J connectivity index is 1.46. The van der Waals surface area contributed by atoms with Crippen LogP contribution in [0.1, 0.15) is 52.2 Å². The molecule has 0 spiro atoms. The molecule has 0 saturated heterocycles. The van der Waals surface area contributed by atoms with E-state index in [2.05, 4.69) is 23.1 Å². The van der Waals surface area contributed by atoms with Gasteiger partial charge in [-0.15, -0.1) is 0 Å². The van der Waals surface area contributed by atoms with Crippen LogP contribution in [0.15, 0.2) is 72.8 Å². The van der Waals surface area contributed by atoms with Crippen molar-refractivity contribution in [2.45, 2.75) is 44.4 Å². The lowest BCUT2D eigenvalue weighted by Gasteiger charge is -2.37. The third-order valence-electron chi connectivity index (χ3n) is 7.13. The zero-order valence-corrected chi connectivity index (χ0v) is 18.9. The van der Waals surface area contributed by atoms with E-state index in [4.69, 9.17) is 10.5 Å². The molecule has 1 heterocycles. The van der Waals surface area contributed by atoms with Crippen molar-refractivity contribution in [1.82, 2.24) is 0 Å². The molecule has 3 atom stereocenters. The fourth-order valence-corrected chi connectivity index (χ4v) is 5.60. The van der Waals surface area contributed by atoms with Crippen LogP contribution in [0.3, 0.4) is 0 Å². The van der Waals surface area contributed by atoms with Crippen molar-refractivity contribution in [3.8, 4) is 5.75 Å². The first-order chi connectivity index (χ1) is 16.5. The quantitative estimate of drug-likeness (QED) is 0.537. The molecule has 0 radical (unpaired) electrons. The molecule has 3 aromatic carbocycles. The minimum absolute atomic E-state index is 0.0276. The third-order valence-corrected chi connectivity index (χ3v) is 7.13. The lowest BCUT2D eigenvalue weighted by molar-refractivity contribution is -0.123. The number of rotatable bonds is 7. The van der Waals surface area contributed by atoms with Crippen molar-refractivity contribution in [3.63, 3.8) is 0 Å². The number of carboxylic acid groups (broad SMARTS) is 1. The van der Waals surface area contributed by atoms with Crippen molar-refractivity contribution >= 4 is 17.6 Å². The van der Waals surface area contributed by atoms with E-state index in [1.807, 2.05) is 30.3 Å². The van der Waals surface area contributed by atoms with Gasteiger partial charge in [-0.1, -0.05) is 55.0 Å². The van der Waals surface area contributed by atoms with Gasteiger partial charge < -0.3 is 20.5 Å². The first-order valence-electron chi connectivity index (χ1n) is 11.7. The Morgan fingerprint density at radius 2 is 1.76 bits per heavy atom.